The summed E-state index contributed by atoms with van der Waals surface area (Å²) in [5.74, 6) is 2.39. The van der Waals surface area contributed by atoms with Crippen LogP contribution in [0.5, 0.6) is 0 Å². The Morgan fingerprint density at radius 3 is 2.72 bits per heavy atom. The van der Waals surface area contributed by atoms with Crippen molar-refractivity contribution in [1.82, 2.24) is 0 Å². The Morgan fingerprint density at radius 2 is 1.96 bits per heavy atom. The number of ketones is 1. The van der Waals surface area contributed by atoms with Crippen LogP contribution in [0.15, 0.2) is 0 Å². The average molecular weight is 348 g/mol. The molecule has 4 saturated carbocycles. The maximum atomic E-state index is 12.5. The molecule has 0 heterocycles. The number of rotatable bonds is 2. The molecule has 0 radical (unpaired) electrons. The van der Waals surface area contributed by atoms with Crippen LogP contribution in [-0.4, -0.2) is 29.6 Å². The van der Waals surface area contributed by atoms with Crippen LogP contribution < -0.4 is 0 Å². The van der Waals surface area contributed by atoms with Gasteiger partial charge >= 0.3 is 5.97 Å². The van der Waals surface area contributed by atoms with E-state index in [4.69, 9.17) is 4.74 Å². The first-order valence-corrected chi connectivity index (χ1v) is 10.2. The van der Waals surface area contributed by atoms with E-state index in [1.165, 1.54) is 13.3 Å². The first-order chi connectivity index (χ1) is 11.9. The Bertz CT molecular complexity index is 572. The normalized spacial score (nSPS) is 49.1. The van der Waals surface area contributed by atoms with Crippen LogP contribution in [0.25, 0.3) is 0 Å². The third kappa shape index (κ3) is 2.58. The lowest BCUT2D eigenvalue weighted by atomic mass is 9.45. The fourth-order valence-corrected chi connectivity index (χ4v) is 7.32. The summed E-state index contributed by atoms with van der Waals surface area (Å²) in [7, 11) is 0. The van der Waals surface area contributed by atoms with Gasteiger partial charge in [-0.2, -0.15) is 0 Å². The molecule has 0 saturated heterocycles. The zero-order valence-corrected chi connectivity index (χ0v) is 15.6. The van der Waals surface area contributed by atoms with Gasteiger partial charge in [0.25, 0.3) is 0 Å². The van der Waals surface area contributed by atoms with Crippen LogP contribution in [0.1, 0.15) is 71.6 Å². The number of ether oxygens (including phenoxy) is 1. The summed E-state index contributed by atoms with van der Waals surface area (Å²) in [4.78, 5) is 24.1. The van der Waals surface area contributed by atoms with E-state index in [9.17, 15) is 14.7 Å². The molecule has 4 fully saturated rings. The summed E-state index contributed by atoms with van der Waals surface area (Å²) in [6, 6.07) is 0. The van der Waals surface area contributed by atoms with E-state index in [1.807, 2.05) is 0 Å². The van der Waals surface area contributed by atoms with E-state index >= 15 is 0 Å². The second kappa shape index (κ2) is 6.07. The summed E-state index contributed by atoms with van der Waals surface area (Å²) in [6.07, 6.45) is 8.60. The summed E-state index contributed by atoms with van der Waals surface area (Å²) < 4.78 is 5.60. The van der Waals surface area contributed by atoms with Gasteiger partial charge in [-0.1, -0.05) is 6.92 Å². The van der Waals surface area contributed by atoms with Gasteiger partial charge < -0.3 is 9.84 Å². The molecular weight excluding hydrogens is 316 g/mol. The second-order valence-corrected chi connectivity index (χ2v) is 9.51. The van der Waals surface area contributed by atoms with Crippen molar-refractivity contribution in [3.8, 4) is 0 Å². The highest BCUT2D eigenvalue weighted by atomic mass is 16.5. The van der Waals surface area contributed by atoms with E-state index in [0.717, 1.165) is 51.4 Å². The van der Waals surface area contributed by atoms with Crippen molar-refractivity contribution < 1.29 is 19.4 Å². The number of esters is 1. The van der Waals surface area contributed by atoms with E-state index in [1.54, 1.807) is 0 Å². The van der Waals surface area contributed by atoms with Gasteiger partial charge in [0.05, 0.1) is 12.7 Å². The molecule has 0 aromatic rings. The predicted molar refractivity (Wildman–Crippen MR) is 93.7 cm³/mol. The molecule has 0 unspecified atom stereocenters. The lowest BCUT2D eigenvalue weighted by Crippen LogP contribution is -2.57. The molecule has 4 aliphatic rings. The van der Waals surface area contributed by atoms with Gasteiger partial charge in [0.15, 0.2) is 0 Å². The number of Topliss-reactive ketones (excluding diaryl/α,β-unsaturated/α-hetero) is 1. The van der Waals surface area contributed by atoms with Crippen molar-refractivity contribution in [2.75, 3.05) is 6.61 Å². The van der Waals surface area contributed by atoms with Crippen LogP contribution in [0, 0.1) is 34.5 Å². The van der Waals surface area contributed by atoms with Crippen LogP contribution in [0.2, 0.25) is 0 Å². The molecule has 0 amide bonds. The molecule has 4 heteroatoms. The number of hydrogen-bond acceptors (Lipinski definition) is 4. The summed E-state index contributed by atoms with van der Waals surface area (Å²) in [5, 5.41) is 10.2. The number of carbonyl (C=O) groups is 2. The molecule has 25 heavy (non-hydrogen) atoms. The van der Waals surface area contributed by atoms with Crippen LogP contribution in [0.3, 0.4) is 0 Å². The van der Waals surface area contributed by atoms with Crippen molar-refractivity contribution in [3.63, 3.8) is 0 Å². The number of hydrogen-bond donors (Lipinski definition) is 1. The standard InChI is InChI=1S/C21H32O4/c1-13(22)25-12-21-10-7-15(23)11-14(21)3-4-16-17-5-6-19(24)20(17,2)9-8-18(16)21/h14-18,23H,3-12H2,1-2H3/t14-,15-,16-,17-,18-,20-,21+/m0/s1. The molecular formula is C21H32O4. The van der Waals surface area contributed by atoms with Crippen LogP contribution in [0.4, 0.5) is 0 Å². The molecule has 140 valence electrons. The Hall–Kier alpha value is -0.900. The minimum atomic E-state index is -0.200. The molecule has 7 atom stereocenters. The van der Waals surface area contributed by atoms with Gasteiger partial charge in [-0.25, -0.2) is 0 Å². The smallest absolute Gasteiger partial charge is 0.302 e. The van der Waals surface area contributed by atoms with Gasteiger partial charge in [0, 0.05) is 24.2 Å². The maximum absolute atomic E-state index is 12.5. The molecule has 1 N–H and O–H groups in total. The van der Waals surface area contributed by atoms with Gasteiger partial charge in [0.2, 0.25) is 0 Å². The fraction of sp³-hybridized carbons (Fsp3) is 0.905. The average Bonchev–Trinajstić information content (AvgIpc) is 2.88. The van der Waals surface area contributed by atoms with Crippen molar-refractivity contribution in [2.24, 2.45) is 34.5 Å². The maximum Gasteiger partial charge on any atom is 0.302 e. The van der Waals surface area contributed by atoms with Crippen LogP contribution in [-0.2, 0) is 14.3 Å². The van der Waals surface area contributed by atoms with E-state index < -0.39 is 0 Å². The molecule has 0 aromatic carbocycles. The Morgan fingerprint density at radius 1 is 1.16 bits per heavy atom. The fourth-order valence-electron chi connectivity index (χ4n) is 7.32. The van der Waals surface area contributed by atoms with E-state index in [-0.39, 0.29) is 22.9 Å². The first kappa shape index (κ1) is 17.5. The quantitative estimate of drug-likeness (QED) is 0.776. The third-order valence-corrected chi connectivity index (χ3v) is 8.59. The summed E-state index contributed by atoms with van der Waals surface area (Å²) >= 11 is 0. The number of carbonyl (C=O) groups excluding carboxylic acids is 2. The van der Waals surface area contributed by atoms with E-state index in [0.29, 0.717) is 36.1 Å². The lowest BCUT2D eigenvalue weighted by molar-refractivity contribution is -0.173. The molecule has 4 nitrogen and oxygen atoms in total. The van der Waals surface area contributed by atoms with Crippen LogP contribution >= 0.6 is 0 Å². The summed E-state index contributed by atoms with van der Waals surface area (Å²) in [5.41, 5.74) is -0.0778. The molecule has 4 aliphatic carbocycles. The molecule has 0 bridgehead atoms. The molecule has 0 aliphatic heterocycles. The highest BCUT2D eigenvalue weighted by Gasteiger charge is 2.61. The molecule has 4 rings (SSSR count). The Labute approximate surface area is 150 Å². The number of aliphatic hydroxyl groups is 1. The second-order valence-electron chi connectivity index (χ2n) is 9.51. The largest absolute Gasteiger partial charge is 0.465 e. The van der Waals surface area contributed by atoms with Crippen molar-refractivity contribution in [2.45, 2.75) is 77.7 Å². The molecule has 0 aromatic heterocycles. The summed E-state index contributed by atoms with van der Waals surface area (Å²) in [6.45, 7) is 4.22. The number of fused-ring (bicyclic) bond motifs is 5. The van der Waals surface area contributed by atoms with Crippen molar-refractivity contribution >= 4 is 11.8 Å². The van der Waals surface area contributed by atoms with Gasteiger partial charge in [-0.15, -0.1) is 0 Å². The van der Waals surface area contributed by atoms with Crippen molar-refractivity contribution in [1.29, 1.82) is 0 Å². The highest BCUT2D eigenvalue weighted by Crippen LogP contribution is 2.65. The minimum absolute atomic E-state index is 0.0286. The zero-order valence-electron chi connectivity index (χ0n) is 15.6. The number of aliphatic hydroxyl groups excluding tert-OH is 1. The van der Waals surface area contributed by atoms with Gasteiger partial charge in [-0.05, 0) is 75.0 Å². The minimum Gasteiger partial charge on any atom is -0.465 e. The predicted octanol–water partition coefficient (Wildman–Crippen LogP) is 3.50. The Balaban J connectivity index is 1.65. The third-order valence-electron chi connectivity index (χ3n) is 8.59. The zero-order chi connectivity index (χ0) is 17.8. The first-order valence-electron chi connectivity index (χ1n) is 10.2. The lowest BCUT2D eigenvalue weighted by Gasteiger charge is -2.60. The monoisotopic (exact) mass is 348 g/mol. The highest BCUT2D eigenvalue weighted by molar-refractivity contribution is 5.87. The SMILES string of the molecule is CC(=O)OC[C@]12CC[C@H](O)C[C@@H]1CC[C@@H]1[C@@H]2CC[C@]2(C)C(=O)CC[C@@H]12. The topological polar surface area (TPSA) is 63.6 Å². The van der Waals surface area contributed by atoms with Gasteiger partial charge in [0.1, 0.15) is 5.78 Å². The van der Waals surface area contributed by atoms with Gasteiger partial charge in [-0.3, -0.25) is 9.59 Å². The van der Waals surface area contributed by atoms with E-state index in [2.05, 4.69) is 6.92 Å². The Kier molecular flexibility index (Phi) is 4.25. The van der Waals surface area contributed by atoms with Crippen molar-refractivity contribution in [3.05, 3.63) is 0 Å². The molecule has 0 spiro atoms.